The summed E-state index contributed by atoms with van der Waals surface area (Å²) in [4.78, 5) is 16.5. The van der Waals surface area contributed by atoms with E-state index in [1.54, 1.807) is 0 Å². The van der Waals surface area contributed by atoms with Gasteiger partial charge in [0.2, 0.25) is 5.91 Å². The van der Waals surface area contributed by atoms with Crippen molar-refractivity contribution in [1.29, 1.82) is 0 Å². The van der Waals surface area contributed by atoms with Gasteiger partial charge in [0.25, 0.3) is 0 Å². The molecule has 0 aliphatic carbocycles. The van der Waals surface area contributed by atoms with Gasteiger partial charge in [0.1, 0.15) is 0 Å². The minimum Gasteiger partial charge on any atom is -0.353 e. The highest BCUT2D eigenvalue weighted by Crippen LogP contribution is 2.30. The summed E-state index contributed by atoms with van der Waals surface area (Å²) in [5.74, 6) is -0.0616. The zero-order valence-corrected chi connectivity index (χ0v) is 16.5. The molecule has 3 rings (SSSR count). The van der Waals surface area contributed by atoms with Crippen LogP contribution < -0.4 is 11.1 Å². The summed E-state index contributed by atoms with van der Waals surface area (Å²) < 4.78 is 0. The molecular formula is C21H29N3OS. The standard InChI is InChI=1S/C21H29N3OS/c1-3-11-21(2,22)20(25)23-14-18(16-7-5-4-6-8-16)24-12-9-19-17(15-24)10-13-26-19/h4-8,10,13,18H,3,9,11-12,14-15,22H2,1-2H3,(H,23,25). The number of benzene rings is 1. The van der Waals surface area contributed by atoms with E-state index in [0.717, 1.165) is 25.9 Å². The van der Waals surface area contributed by atoms with Crippen molar-refractivity contribution < 1.29 is 4.79 Å². The predicted octanol–water partition coefficient (Wildman–Crippen LogP) is 3.48. The van der Waals surface area contributed by atoms with Gasteiger partial charge < -0.3 is 11.1 Å². The van der Waals surface area contributed by atoms with Crippen LogP contribution >= 0.6 is 11.3 Å². The van der Waals surface area contributed by atoms with E-state index < -0.39 is 5.54 Å². The van der Waals surface area contributed by atoms with E-state index in [1.165, 1.54) is 16.0 Å². The molecule has 2 heterocycles. The molecule has 1 aliphatic rings. The number of thiophene rings is 1. The maximum atomic E-state index is 12.6. The highest BCUT2D eigenvalue weighted by Gasteiger charge is 2.30. The van der Waals surface area contributed by atoms with Gasteiger partial charge in [-0.25, -0.2) is 0 Å². The second kappa shape index (κ2) is 8.33. The van der Waals surface area contributed by atoms with Crippen LogP contribution in [-0.4, -0.2) is 29.4 Å². The van der Waals surface area contributed by atoms with Gasteiger partial charge in [0.15, 0.2) is 0 Å². The molecular weight excluding hydrogens is 342 g/mol. The van der Waals surface area contributed by atoms with Crippen LogP contribution in [0.3, 0.4) is 0 Å². The number of carbonyl (C=O) groups excluding carboxylic acids is 1. The molecule has 140 valence electrons. The van der Waals surface area contributed by atoms with E-state index in [2.05, 4.69) is 52.9 Å². The quantitative estimate of drug-likeness (QED) is 0.783. The van der Waals surface area contributed by atoms with Gasteiger partial charge in [-0.3, -0.25) is 9.69 Å². The Hall–Kier alpha value is -1.69. The molecule has 0 bridgehead atoms. The van der Waals surface area contributed by atoms with Crippen molar-refractivity contribution in [2.75, 3.05) is 13.1 Å². The first-order valence-corrected chi connectivity index (χ1v) is 10.3. The molecule has 4 nitrogen and oxygen atoms in total. The van der Waals surface area contributed by atoms with Crippen LogP contribution in [0.25, 0.3) is 0 Å². The van der Waals surface area contributed by atoms with Crippen molar-refractivity contribution in [3.8, 4) is 0 Å². The zero-order valence-electron chi connectivity index (χ0n) is 15.7. The van der Waals surface area contributed by atoms with Gasteiger partial charge >= 0.3 is 0 Å². The fraction of sp³-hybridized carbons (Fsp3) is 0.476. The van der Waals surface area contributed by atoms with Crippen molar-refractivity contribution in [3.05, 3.63) is 57.8 Å². The third kappa shape index (κ3) is 4.34. The van der Waals surface area contributed by atoms with Crippen molar-refractivity contribution >= 4 is 17.2 Å². The number of hydrogen-bond acceptors (Lipinski definition) is 4. The van der Waals surface area contributed by atoms with E-state index in [9.17, 15) is 4.79 Å². The lowest BCUT2D eigenvalue weighted by molar-refractivity contribution is -0.126. The number of amides is 1. The minimum atomic E-state index is -0.807. The zero-order chi connectivity index (χ0) is 18.6. The normalized spacial score (nSPS) is 18.0. The highest BCUT2D eigenvalue weighted by molar-refractivity contribution is 7.10. The Bertz CT molecular complexity index is 726. The van der Waals surface area contributed by atoms with Crippen LogP contribution in [0, 0.1) is 0 Å². The van der Waals surface area contributed by atoms with Crippen LogP contribution in [0.1, 0.15) is 48.7 Å². The lowest BCUT2D eigenvalue weighted by Gasteiger charge is -2.35. The summed E-state index contributed by atoms with van der Waals surface area (Å²) in [7, 11) is 0. The molecule has 2 aromatic rings. The first-order valence-electron chi connectivity index (χ1n) is 9.42. The summed E-state index contributed by atoms with van der Waals surface area (Å²) in [6.07, 6.45) is 2.67. The van der Waals surface area contributed by atoms with Crippen LogP contribution in [0.2, 0.25) is 0 Å². The number of carbonyl (C=O) groups is 1. The van der Waals surface area contributed by atoms with E-state index in [4.69, 9.17) is 5.73 Å². The first-order chi connectivity index (χ1) is 12.5. The topological polar surface area (TPSA) is 58.4 Å². The van der Waals surface area contributed by atoms with Crippen molar-refractivity contribution in [1.82, 2.24) is 10.2 Å². The molecule has 1 aromatic heterocycles. The Morgan fingerprint density at radius 1 is 1.35 bits per heavy atom. The molecule has 0 saturated carbocycles. The number of fused-ring (bicyclic) bond motifs is 1. The minimum absolute atomic E-state index is 0.0616. The molecule has 2 unspecified atom stereocenters. The van der Waals surface area contributed by atoms with Crippen LogP contribution in [0.5, 0.6) is 0 Å². The summed E-state index contributed by atoms with van der Waals surface area (Å²) >= 11 is 1.85. The average molecular weight is 372 g/mol. The smallest absolute Gasteiger partial charge is 0.239 e. The molecule has 1 amide bonds. The van der Waals surface area contributed by atoms with Crippen molar-refractivity contribution in [3.63, 3.8) is 0 Å². The summed E-state index contributed by atoms with van der Waals surface area (Å²) in [5.41, 5.74) is 8.05. The molecule has 1 aliphatic heterocycles. The largest absolute Gasteiger partial charge is 0.353 e. The number of nitrogens with two attached hydrogens (primary N) is 1. The molecule has 5 heteroatoms. The Balaban J connectivity index is 1.74. The molecule has 0 radical (unpaired) electrons. The summed E-state index contributed by atoms with van der Waals surface area (Å²) in [5, 5.41) is 5.30. The first kappa shape index (κ1) is 19.1. The summed E-state index contributed by atoms with van der Waals surface area (Å²) in [6.45, 7) is 6.40. The fourth-order valence-corrected chi connectivity index (χ4v) is 4.58. The Labute approximate surface area is 160 Å². The van der Waals surface area contributed by atoms with E-state index in [1.807, 2.05) is 24.3 Å². The Morgan fingerprint density at radius 3 is 2.85 bits per heavy atom. The van der Waals surface area contributed by atoms with E-state index in [-0.39, 0.29) is 11.9 Å². The van der Waals surface area contributed by atoms with Crippen LogP contribution in [0.15, 0.2) is 41.8 Å². The molecule has 2 atom stereocenters. The van der Waals surface area contributed by atoms with Crippen molar-refractivity contribution in [2.45, 2.75) is 51.2 Å². The number of hydrogen-bond donors (Lipinski definition) is 2. The SMILES string of the molecule is CCCC(C)(N)C(=O)NCC(c1ccccc1)N1CCc2sccc2C1. The maximum absolute atomic E-state index is 12.6. The number of nitrogens with zero attached hydrogens (tertiary/aromatic N) is 1. The van der Waals surface area contributed by atoms with Gasteiger partial charge in [-0.1, -0.05) is 43.7 Å². The Morgan fingerprint density at radius 2 is 2.12 bits per heavy atom. The van der Waals surface area contributed by atoms with Crippen LogP contribution in [-0.2, 0) is 17.8 Å². The molecule has 0 fully saturated rings. The number of rotatable bonds is 7. The van der Waals surface area contributed by atoms with Gasteiger partial charge in [0, 0.05) is 24.5 Å². The van der Waals surface area contributed by atoms with E-state index >= 15 is 0 Å². The second-order valence-corrected chi connectivity index (χ2v) is 8.39. The predicted molar refractivity (Wildman–Crippen MR) is 108 cm³/mol. The fourth-order valence-electron chi connectivity index (χ4n) is 3.69. The van der Waals surface area contributed by atoms with E-state index in [0.29, 0.717) is 13.0 Å². The van der Waals surface area contributed by atoms with Gasteiger partial charge in [-0.15, -0.1) is 11.3 Å². The van der Waals surface area contributed by atoms with Gasteiger partial charge in [-0.05, 0) is 42.3 Å². The maximum Gasteiger partial charge on any atom is 0.239 e. The summed E-state index contributed by atoms with van der Waals surface area (Å²) in [6, 6.07) is 12.8. The van der Waals surface area contributed by atoms with Gasteiger partial charge in [-0.2, -0.15) is 0 Å². The molecule has 0 spiro atoms. The lowest BCUT2D eigenvalue weighted by Crippen LogP contribution is -2.53. The average Bonchev–Trinajstić information content (AvgIpc) is 3.10. The third-order valence-corrected chi connectivity index (χ3v) is 6.23. The monoisotopic (exact) mass is 371 g/mol. The number of nitrogens with one attached hydrogen (secondary N) is 1. The second-order valence-electron chi connectivity index (χ2n) is 7.39. The third-order valence-electron chi connectivity index (χ3n) is 5.21. The molecule has 1 aromatic carbocycles. The van der Waals surface area contributed by atoms with Gasteiger partial charge in [0.05, 0.1) is 11.6 Å². The molecule has 0 saturated heterocycles. The highest BCUT2D eigenvalue weighted by atomic mass is 32.1. The lowest BCUT2D eigenvalue weighted by atomic mass is 9.96. The molecule has 26 heavy (non-hydrogen) atoms. The van der Waals surface area contributed by atoms with Crippen molar-refractivity contribution in [2.24, 2.45) is 5.73 Å². The van der Waals surface area contributed by atoms with Crippen LogP contribution in [0.4, 0.5) is 0 Å². The Kier molecular flexibility index (Phi) is 6.12. The molecule has 3 N–H and O–H groups in total.